The van der Waals surface area contributed by atoms with Gasteiger partial charge in [0.2, 0.25) is 5.43 Å². The van der Waals surface area contributed by atoms with E-state index in [4.69, 9.17) is 4.74 Å². The Morgan fingerprint density at radius 1 is 1.24 bits per heavy atom. The van der Waals surface area contributed by atoms with Crippen molar-refractivity contribution >= 4 is 22.5 Å². The molecule has 3 saturated carbocycles. The van der Waals surface area contributed by atoms with E-state index < -0.39 is 0 Å². The number of ether oxygens (including phenoxy) is 1. The highest BCUT2D eigenvalue weighted by atomic mass is 16.5. The van der Waals surface area contributed by atoms with Crippen molar-refractivity contribution in [2.75, 3.05) is 31.2 Å². The van der Waals surface area contributed by atoms with E-state index in [-0.39, 0.29) is 22.4 Å². The van der Waals surface area contributed by atoms with Crippen LogP contribution in [0.2, 0.25) is 0 Å². The number of carbonyl (C=O) groups is 1. The summed E-state index contributed by atoms with van der Waals surface area (Å²) < 4.78 is 7.56. The molecule has 1 aromatic carbocycles. The number of anilines is 1. The molecule has 2 bridgehead atoms. The standard InChI is InChI=1S/C23H29N3O3/c1-2-3-6-26-15-19(22(28)24-23-12-16(13-23)14-23)21(27)18-5-4-17(11-20(18)26)25-7-9-29-10-8-25/h4-5,11,15-16H,2-3,6-10,12-14H2,1H3,(H,24,28). The number of hydrogen-bond acceptors (Lipinski definition) is 4. The third kappa shape index (κ3) is 3.23. The largest absolute Gasteiger partial charge is 0.378 e. The van der Waals surface area contributed by atoms with Crippen LogP contribution in [0, 0.1) is 5.92 Å². The summed E-state index contributed by atoms with van der Waals surface area (Å²) in [6, 6.07) is 5.99. The maximum absolute atomic E-state index is 13.2. The highest BCUT2D eigenvalue weighted by Crippen LogP contribution is 2.56. The van der Waals surface area contributed by atoms with Crippen LogP contribution in [-0.2, 0) is 11.3 Å². The number of benzene rings is 1. The molecule has 6 nitrogen and oxygen atoms in total. The Hall–Kier alpha value is -2.34. The molecule has 1 aliphatic heterocycles. The van der Waals surface area contributed by atoms with Gasteiger partial charge in [-0.25, -0.2) is 0 Å². The number of nitrogens with one attached hydrogen (secondary N) is 1. The number of hydrogen-bond donors (Lipinski definition) is 1. The number of nitrogens with zero attached hydrogens (tertiary/aromatic N) is 2. The quantitative estimate of drug-likeness (QED) is 0.817. The lowest BCUT2D eigenvalue weighted by Gasteiger charge is -2.61. The van der Waals surface area contributed by atoms with Crippen LogP contribution >= 0.6 is 0 Å². The SMILES string of the molecule is CCCCn1cc(C(=O)NC23CC(C2)C3)c(=O)c2ccc(N3CCOCC3)cc21. The van der Waals surface area contributed by atoms with Crippen LogP contribution in [-0.4, -0.2) is 42.3 Å². The Morgan fingerprint density at radius 3 is 2.66 bits per heavy atom. The fourth-order valence-corrected chi connectivity index (χ4v) is 5.01. The molecule has 1 amide bonds. The first kappa shape index (κ1) is 18.7. The minimum absolute atomic E-state index is 0.0302. The number of fused-ring (bicyclic) bond motifs is 1. The number of aryl methyl sites for hydroxylation is 1. The molecule has 154 valence electrons. The molecule has 2 aromatic rings. The Balaban J connectivity index is 1.53. The summed E-state index contributed by atoms with van der Waals surface area (Å²) in [5.74, 6) is 0.573. The van der Waals surface area contributed by atoms with E-state index in [0.29, 0.717) is 5.39 Å². The lowest BCUT2D eigenvalue weighted by atomic mass is 9.50. The topological polar surface area (TPSA) is 63.6 Å². The molecule has 0 spiro atoms. The van der Waals surface area contributed by atoms with Crippen molar-refractivity contribution in [3.8, 4) is 0 Å². The molecule has 0 atom stereocenters. The summed E-state index contributed by atoms with van der Waals surface area (Å²) in [4.78, 5) is 28.4. The lowest BCUT2D eigenvalue weighted by Crippen LogP contribution is -2.68. The molecule has 0 radical (unpaired) electrons. The Morgan fingerprint density at radius 2 is 2.00 bits per heavy atom. The zero-order chi connectivity index (χ0) is 20.0. The summed E-state index contributed by atoms with van der Waals surface area (Å²) >= 11 is 0. The van der Waals surface area contributed by atoms with Crippen LogP contribution in [0.5, 0.6) is 0 Å². The van der Waals surface area contributed by atoms with Gasteiger partial charge >= 0.3 is 0 Å². The zero-order valence-electron chi connectivity index (χ0n) is 17.1. The third-order valence-corrected chi connectivity index (χ3v) is 6.86. The van der Waals surface area contributed by atoms with Crippen molar-refractivity contribution in [1.82, 2.24) is 9.88 Å². The fraction of sp³-hybridized carbons (Fsp3) is 0.565. The smallest absolute Gasteiger partial charge is 0.257 e. The number of pyridine rings is 1. The summed E-state index contributed by atoms with van der Waals surface area (Å²) in [6.45, 7) is 6.11. The molecule has 2 heterocycles. The lowest BCUT2D eigenvalue weighted by molar-refractivity contribution is -0.0438. The second-order valence-corrected chi connectivity index (χ2v) is 8.93. The molecule has 29 heavy (non-hydrogen) atoms. The molecular formula is C23H29N3O3. The Bertz CT molecular complexity index is 989. The van der Waals surface area contributed by atoms with E-state index in [1.807, 2.05) is 12.1 Å². The summed E-state index contributed by atoms with van der Waals surface area (Å²) in [7, 11) is 0. The van der Waals surface area contributed by atoms with E-state index in [9.17, 15) is 9.59 Å². The summed E-state index contributed by atoms with van der Waals surface area (Å²) in [6.07, 6.45) is 7.05. The Kier molecular flexibility index (Phi) is 4.62. The Labute approximate surface area is 170 Å². The molecule has 6 rings (SSSR count). The van der Waals surface area contributed by atoms with E-state index in [1.165, 1.54) is 0 Å². The first-order valence-corrected chi connectivity index (χ1v) is 10.9. The van der Waals surface area contributed by atoms with Gasteiger partial charge in [-0.05, 0) is 49.8 Å². The second-order valence-electron chi connectivity index (χ2n) is 8.93. The molecule has 3 aliphatic carbocycles. The summed E-state index contributed by atoms with van der Waals surface area (Å²) in [5, 5.41) is 3.78. The number of rotatable bonds is 6. The van der Waals surface area contributed by atoms with Crippen LogP contribution in [0.1, 0.15) is 49.4 Å². The van der Waals surface area contributed by atoms with Gasteiger partial charge in [0.1, 0.15) is 5.56 Å². The second kappa shape index (κ2) is 7.17. The van der Waals surface area contributed by atoms with Crippen LogP contribution < -0.4 is 15.6 Å². The summed E-state index contributed by atoms with van der Waals surface area (Å²) in [5.41, 5.74) is 2.10. The van der Waals surface area contributed by atoms with Gasteiger partial charge in [0, 0.05) is 42.4 Å². The van der Waals surface area contributed by atoms with Gasteiger partial charge in [-0.15, -0.1) is 0 Å². The van der Waals surface area contributed by atoms with Gasteiger partial charge < -0.3 is 19.5 Å². The normalized spacial score (nSPS) is 25.4. The van der Waals surface area contributed by atoms with Crippen molar-refractivity contribution in [3.63, 3.8) is 0 Å². The zero-order valence-corrected chi connectivity index (χ0v) is 17.1. The van der Waals surface area contributed by atoms with Crippen molar-refractivity contribution in [3.05, 3.63) is 40.2 Å². The van der Waals surface area contributed by atoms with Crippen LogP contribution in [0.4, 0.5) is 5.69 Å². The fourth-order valence-electron chi connectivity index (χ4n) is 5.01. The van der Waals surface area contributed by atoms with Crippen LogP contribution in [0.15, 0.2) is 29.2 Å². The number of amides is 1. The molecule has 1 N–H and O–H groups in total. The minimum atomic E-state index is -0.211. The first-order chi connectivity index (χ1) is 14.1. The van der Waals surface area contributed by atoms with Gasteiger partial charge in [0.05, 0.1) is 18.7 Å². The number of aromatic nitrogens is 1. The van der Waals surface area contributed by atoms with E-state index in [1.54, 1.807) is 6.20 Å². The molecular weight excluding hydrogens is 366 g/mol. The van der Waals surface area contributed by atoms with Crippen molar-refractivity contribution in [2.45, 2.75) is 51.1 Å². The number of carbonyl (C=O) groups excluding carboxylic acids is 1. The van der Waals surface area contributed by atoms with Crippen LogP contribution in [0.25, 0.3) is 10.9 Å². The van der Waals surface area contributed by atoms with Crippen molar-refractivity contribution in [1.29, 1.82) is 0 Å². The predicted molar refractivity (Wildman–Crippen MR) is 114 cm³/mol. The van der Waals surface area contributed by atoms with Crippen molar-refractivity contribution in [2.24, 2.45) is 5.92 Å². The highest BCUT2D eigenvalue weighted by molar-refractivity contribution is 5.98. The van der Waals surface area contributed by atoms with Crippen LogP contribution in [0.3, 0.4) is 0 Å². The first-order valence-electron chi connectivity index (χ1n) is 10.9. The molecule has 6 heteroatoms. The average Bonchev–Trinajstić information content (AvgIpc) is 2.69. The highest BCUT2D eigenvalue weighted by Gasteiger charge is 2.57. The van der Waals surface area contributed by atoms with Gasteiger partial charge in [0.15, 0.2) is 0 Å². The monoisotopic (exact) mass is 395 g/mol. The van der Waals surface area contributed by atoms with Gasteiger partial charge in [-0.1, -0.05) is 13.3 Å². The van der Waals surface area contributed by atoms with Crippen molar-refractivity contribution < 1.29 is 9.53 Å². The predicted octanol–water partition coefficient (Wildman–Crippen LogP) is 2.92. The van der Waals surface area contributed by atoms with Gasteiger partial charge in [-0.2, -0.15) is 0 Å². The average molecular weight is 396 g/mol. The maximum Gasteiger partial charge on any atom is 0.257 e. The molecule has 4 fully saturated rings. The maximum atomic E-state index is 13.2. The molecule has 1 saturated heterocycles. The number of morpholine rings is 1. The molecule has 0 unspecified atom stereocenters. The minimum Gasteiger partial charge on any atom is -0.378 e. The van der Waals surface area contributed by atoms with E-state index in [2.05, 4.69) is 27.8 Å². The van der Waals surface area contributed by atoms with Gasteiger partial charge in [0.25, 0.3) is 5.91 Å². The third-order valence-electron chi connectivity index (χ3n) is 6.86. The number of unbranched alkanes of at least 4 members (excludes halogenated alkanes) is 1. The molecule has 1 aromatic heterocycles. The van der Waals surface area contributed by atoms with Gasteiger partial charge in [-0.3, -0.25) is 9.59 Å². The van der Waals surface area contributed by atoms with E-state index >= 15 is 0 Å². The molecule has 4 aliphatic rings. The van der Waals surface area contributed by atoms with E-state index in [0.717, 1.165) is 82.1 Å².